The summed E-state index contributed by atoms with van der Waals surface area (Å²) in [5.74, 6) is 1.28. The first-order valence-electron chi connectivity index (χ1n) is 8.33. The van der Waals surface area contributed by atoms with Gasteiger partial charge >= 0.3 is 0 Å². The fourth-order valence-electron chi connectivity index (χ4n) is 3.28. The summed E-state index contributed by atoms with van der Waals surface area (Å²) in [6.45, 7) is 4.99. The Morgan fingerprint density at radius 1 is 1.28 bits per heavy atom. The molecular weight excluding hydrogens is 318 g/mol. The number of benzene rings is 1. The monoisotopic (exact) mass is 337 g/mol. The van der Waals surface area contributed by atoms with Gasteiger partial charge in [-0.25, -0.2) is 0 Å². The van der Waals surface area contributed by atoms with Crippen LogP contribution in [0.15, 0.2) is 34.9 Å². The highest BCUT2D eigenvalue weighted by atomic mass is 16.5. The number of hydrogen-bond donors (Lipinski definition) is 1. The van der Waals surface area contributed by atoms with Crippen molar-refractivity contribution < 1.29 is 9.32 Å². The molecule has 4 rings (SSSR count). The summed E-state index contributed by atoms with van der Waals surface area (Å²) >= 11 is 0. The van der Waals surface area contributed by atoms with Crippen LogP contribution < -0.4 is 0 Å². The van der Waals surface area contributed by atoms with Crippen LogP contribution in [0.5, 0.6) is 0 Å². The molecule has 1 aliphatic heterocycles. The van der Waals surface area contributed by atoms with Gasteiger partial charge in [-0.05, 0) is 32.4 Å². The minimum atomic E-state index is 0.0121. The zero-order valence-electron chi connectivity index (χ0n) is 14.2. The van der Waals surface area contributed by atoms with Crippen molar-refractivity contribution in [3.05, 3.63) is 53.1 Å². The van der Waals surface area contributed by atoms with E-state index in [1.54, 1.807) is 0 Å². The van der Waals surface area contributed by atoms with Crippen molar-refractivity contribution >= 4 is 5.91 Å². The third kappa shape index (κ3) is 2.82. The van der Waals surface area contributed by atoms with E-state index >= 15 is 0 Å². The average Bonchev–Trinajstić information content (AvgIpc) is 3.35. The smallest absolute Gasteiger partial charge is 0.257 e. The number of rotatable bonds is 3. The largest absolute Gasteiger partial charge is 0.338 e. The van der Waals surface area contributed by atoms with Crippen molar-refractivity contribution in [2.45, 2.75) is 26.2 Å². The average molecular weight is 337 g/mol. The Morgan fingerprint density at radius 3 is 2.80 bits per heavy atom. The topological polar surface area (TPSA) is 87.9 Å². The molecule has 0 saturated carbocycles. The maximum atomic E-state index is 12.8. The fraction of sp³-hybridized carbons (Fsp3) is 0.333. The first-order chi connectivity index (χ1) is 12.1. The molecule has 128 valence electrons. The van der Waals surface area contributed by atoms with E-state index in [4.69, 9.17) is 4.52 Å². The fourth-order valence-corrected chi connectivity index (χ4v) is 3.28. The molecule has 0 spiro atoms. The van der Waals surface area contributed by atoms with Gasteiger partial charge in [0.25, 0.3) is 11.8 Å². The number of nitrogens with zero attached hydrogens (tertiary/aromatic N) is 4. The Bertz CT molecular complexity index is 880. The standard InChI is InChI=1S/C18H19N5O2/c1-11-15(12(2)21-20-11)18(24)23-9-8-14(10-23)16-19-17(25-22-16)13-6-4-3-5-7-13/h3-7,14H,8-10H2,1-2H3,(H,20,21)/t14-/m0/s1. The lowest BCUT2D eigenvalue weighted by molar-refractivity contribution is 0.0789. The summed E-state index contributed by atoms with van der Waals surface area (Å²) in [7, 11) is 0. The first-order valence-corrected chi connectivity index (χ1v) is 8.33. The number of likely N-dealkylation sites (tertiary alicyclic amines) is 1. The lowest BCUT2D eigenvalue weighted by atomic mass is 10.1. The maximum absolute atomic E-state index is 12.8. The van der Waals surface area contributed by atoms with Crippen molar-refractivity contribution in [3.63, 3.8) is 0 Å². The third-order valence-electron chi connectivity index (χ3n) is 4.65. The SMILES string of the molecule is Cc1n[nH]c(C)c1C(=O)N1CC[C@H](c2noc(-c3ccccc3)n2)C1. The number of amides is 1. The molecule has 7 nitrogen and oxygen atoms in total. The second-order valence-electron chi connectivity index (χ2n) is 6.37. The summed E-state index contributed by atoms with van der Waals surface area (Å²) in [5.41, 5.74) is 3.10. The van der Waals surface area contributed by atoms with Gasteiger partial charge in [0.15, 0.2) is 5.82 Å². The number of carbonyl (C=O) groups excluding carboxylic acids is 1. The van der Waals surface area contributed by atoms with E-state index in [-0.39, 0.29) is 11.8 Å². The molecule has 1 aromatic carbocycles. The molecule has 1 N–H and O–H groups in total. The second kappa shape index (κ2) is 6.16. The molecule has 1 fully saturated rings. The molecule has 25 heavy (non-hydrogen) atoms. The predicted octanol–water partition coefficient (Wildman–Crippen LogP) is 2.71. The van der Waals surface area contributed by atoms with E-state index in [2.05, 4.69) is 20.3 Å². The minimum absolute atomic E-state index is 0.0121. The van der Waals surface area contributed by atoms with Crippen molar-refractivity contribution in [1.29, 1.82) is 0 Å². The van der Waals surface area contributed by atoms with Crippen LogP contribution in [0.4, 0.5) is 0 Å². The lowest BCUT2D eigenvalue weighted by Gasteiger charge is -2.15. The predicted molar refractivity (Wildman–Crippen MR) is 91.1 cm³/mol. The molecule has 1 amide bonds. The highest BCUT2D eigenvalue weighted by molar-refractivity contribution is 5.96. The third-order valence-corrected chi connectivity index (χ3v) is 4.65. The van der Waals surface area contributed by atoms with Gasteiger partial charge in [-0.3, -0.25) is 9.89 Å². The van der Waals surface area contributed by atoms with Gasteiger partial charge in [0.05, 0.1) is 11.3 Å². The summed E-state index contributed by atoms with van der Waals surface area (Å²) in [6.07, 6.45) is 0.829. The zero-order valence-corrected chi connectivity index (χ0v) is 14.2. The van der Waals surface area contributed by atoms with Crippen LogP contribution in [0.3, 0.4) is 0 Å². The molecule has 1 atom stereocenters. The Kier molecular flexibility index (Phi) is 3.83. The van der Waals surface area contributed by atoms with Crippen molar-refractivity contribution in [3.8, 4) is 11.5 Å². The molecule has 2 aromatic heterocycles. The minimum Gasteiger partial charge on any atom is -0.338 e. The highest BCUT2D eigenvalue weighted by Crippen LogP contribution is 2.28. The molecule has 7 heteroatoms. The number of nitrogens with one attached hydrogen (secondary N) is 1. The Hall–Kier alpha value is -2.96. The summed E-state index contributed by atoms with van der Waals surface area (Å²) in [4.78, 5) is 19.1. The number of aryl methyl sites for hydroxylation is 2. The number of H-pyrrole nitrogens is 1. The van der Waals surface area contributed by atoms with Crippen molar-refractivity contribution in [1.82, 2.24) is 25.2 Å². The van der Waals surface area contributed by atoms with Crippen LogP contribution >= 0.6 is 0 Å². The first kappa shape index (κ1) is 15.6. The van der Waals surface area contributed by atoms with E-state index in [9.17, 15) is 4.79 Å². The van der Waals surface area contributed by atoms with E-state index in [1.807, 2.05) is 49.1 Å². The molecule has 1 saturated heterocycles. The summed E-state index contributed by atoms with van der Waals surface area (Å²) in [6, 6.07) is 9.69. The van der Waals surface area contributed by atoms with E-state index in [0.717, 1.165) is 23.4 Å². The number of aromatic amines is 1. The number of aromatic nitrogens is 4. The van der Waals surface area contributed by atoms with Gasteiger partial charge in [0.2, 0.25) is 0 Å². The van der Waals surface area contributed by atoms with E-state index in [1.165, 1.54) is 0 Å². The summed E-state index contributed by atoms with van der Waals surface area (Å²) in [5, 5.41) is 11.1. The molecule has 0 unspecified atom stereocenters. The number of carbonyl (C=O) groups is 1. The van der Waals surface area contributed by atoms with Crippen molar-refractivity contribution in [2.75, 3.05) is 13.1 Å². The second-order valence-corrected chi connectivity index (χ2v) is 6.37. The Morgan fingerprint density at radius 2 is 2.08 bits per heavy atom. The van der Waals surface area contributed by atoms with Crippen LogP contribution in [-0.2, 0) is 0 Å². The zero-order chi connectivity index (χ0) is 17.4. The quantitative estimate of drug-likeness (QED) is 0.794. The number of hydrogen-bond acceptors (Lipinski definition) is 5. The van der Waals surface area contributed by atoms with Gasteiger partial charge in [-0.2, -0.15) is 10.1 Å². The molecular formula is C18H19N5O2. The molecule has 3 heterocycles. The van der Waals surface area contributed by atoms with Gasteiger partial charge in [0, 0.05) is 30.3 Å². The maximum Gasteiger partial charge on any atom is 0.257 e. The summed E-state index contributed by atoms with van der Waals surface area (Å²) < 4.78 is 5.39. The lowest BCUT2D eigenvalue weighted by Crippen LogP contribution is -2.29. The Balaban J connectivity index is 1.50. The van der Waals surface area contributed by atoms with Gasteiger partial charge in [0.1, 0.15) is 0 Å². The molecule has 0 bridgehead atoms. The van der Waals surface area contributed by atoms with Crippen LogP contribution in [-0.4, -0.2) is 44.2 Å². The van der Waals surface area contributed by atoms with E-state index in [0.29, 0.717) is 30.4 Å². The van der Waals surface area contributed by atoms with Gasteiger partial charge in [-0.1, -0.05) is 23.4 Å². The van der Waals surface area contributed by atoms with Gasteiger partial charge in [-0.15, -0.1) is 0 Å². The van der Waals surface area contributed by atoms with Crippen LogP contribution in [0, 0.1) is 13.8 Å². The van der Waals surface area contributed by atoms with E-state index < -0.39 is 0 Å². The Labute approximate surface area is 145 Å². The van der Waals surface area contributed by atoms with Crippen LogP contribution in [0.1, 0.15) is 39.9 Å². The van der Waals surface area contributed by atoms with Crippen molar-refractivity contribution in [2.24, 2.45) is 0 Å². The molecule has 0 aliphatic carbocycles. The molecule has 0 radical (unpaired) electrons. The molecule has 3 aromatic rings. The van der Waals surface area contributed by atoms with Crippen LogP contribution in [0.2, 0.25) is 0 Å². The highest BCUT2D eigenvalue weighted by Gasteiger charge is 2.32. The van der Waals surface area contributed by atoms with Crippen LogP contribution in [0.25, 0.3) is 11.5 Å². The normalized spacial score (nSPS) is 17.2. The van der Waals surface area contributed by atoms with Gasteiger partial charge < -0.3 is 9.42 Å². The molecule has 1 aliphatic rings.